The number of rotatable bonds is 4. The molecule has 0 radical (unpaired) electrons. The van der Waals surface area contributed by atoms with Gasteiger partial charge in [0.25, 0.3) is 0 Å². The Morgan fingerprint density at radius 1 is 1.15 bits per heavy atom. The highest BCUT2D eigenvalue weighted by Crippen LogP contribution is 2.33. The summed E-state index contributed by atoms with van der Waals surface area (Å²) in [5.74, 6) is 0.542. The molecule has 20 heavy (non-hydrogen) atoms. The number of nitrogen functional groups attached to an aromatic ring is 1. The predicted molar refractivity (Wildman–Crippen MR) is 80.5 cm³/mol. The summed E-state index contributed by atoms with van der Waals surface area (Å²) in [6, 6.07) is 15.9. The highest BCUT2D eigenvalue weighted by molar-refractivity contribution is 5.78. The van der Waals surface area contributed by atoms with E-state index in [4.69, 9.17) is 5.73 Å². The Bertz CT molecular complexity index is 619. The van der Waals surface area contributed by atoms with Crippen LogP contribution < -0.4 is 11.1 Å². The minimum atomic E-state index is 0.0687. The fourth-order valence-corrected chi connectivity index (χ4v) is 2.67. The number of hydrogen-bond donors (Lipinski definition) is 2. The SMILES string of the molecule is Nc1ccc(CC(=O)NCC2Cc3ccccc32)cc1. The van der Waals surface area contributed by atoms with Gasteiger partial charge in [0.1, 0.15) is 0 Å². The summed E-state index contributed by atoms with van der Waals surface area (Å²) in [6.45, 7) is 0.727. The number of carbonyl (C=O) groups excluding carboxylic acids is 1. The van der Waals surface area contributed by atoms with Crippen LogP contribution in [0.1, 0.15) is 22.6 Å². The molecule has 0 bridgehead atoms. The van der Waals surface area contributed by atoms with Crippen LogP contribution >= 0.6 is 0 Å². The van der Waals surface area contributed by atoms with Gasteiger partial charge in [-0.25, -0.2) is 0 Å². The molecule has 2 aromatic carbocycles. The maximum atomic E-state index is 11.9. The van der Waals surface area contributed by atoms with Crippen molar-refractivity contribution in [1.82, 2.24) is 5.32 Å². The van der Waals surface area contributed by atoms with Crippen molar-refractivity contribution in [3.05, 3.63) is 65.2 Å². The molecule has 0 aliphatic heterocycles. The van der Waals surface area contributed by atoms with Gasteiger partial charge in [-0.05, 0) is 35.2 Å². The van der Waals surface area contributed by atoms with E-state index >= 15 is 0 Å². The first-order valence-corrected chi connectivity index (χ1v) is 6.91. The maximum absolute atomic E-state index is 11.9. The molecule has 0 fully saturated rings. The molecular formula is C17H18N2O. The van der Waals surface area contributed by atoms with Gasteiger partial charge in [-0.15, -0.1) is 0 Å². The smallest absolute Gasteiger partial charge is 0.224 e. The third-order valence-corrected chi connectivity index (χ3v) is 3.85. The van der Waals surface area contributed by atoms with E-state index < -0.39 is 0 Å². The molecule has 0 heterocycles. The van der Waals surface area contributed by atoms with Gasteiger partial charge < -0.3 is 11.1 Å². The molecule has 1 amide bonds. The van der Waals surface area contributed by atoms with E-state index in [0.717, 1.165) is 24.2 Å². The molecule has 0 spiro atoms. The third kappa shape index (κ3) is 2.67. The molecule has 1 aliphatic rings. The molecular weight excluding hydrogens is 248 g/mol. The molecule has 2 aromatic rings. The van der Waals surface area contributed by atoms with Crippen molar-refractivity contribution in [3.63, 3.8) is 0 Å². The van der Waals surface area contributed by atoms with Gasteiger partial charge in [-0.3, -0.25) is 4.79 Å². The van der Waals surface area contributed by atoms with Gasteiger partial charge in [0.2, 0.25) is 5.91 Å². The van der Waals surface area contributed by atoms with Crippen LogP contribution in [0, 0.1) is 0 Å². The molecule has 3 heteroatoms. The van der Waals surface area contributed by atoms with Gasteiger partial charge in [-0.1, -0.05) is 36.4 Å². The van der Waals surface area contributed by atoms with Crippen LogP contribution in [0.15, 0.2) is 48.5 Å². The Labute approximate surface area is 118 Å². The number of hydrogen-bond acceptors (Lipinski definition) is 2. The zero-order valence-electron chi connectivity index (χ0n) is 11.3. The Morgan fingerprint density at radius 2 is 1.90 bits per heavy atom. The average Bonchev–Trinajstić information content (AvgIpc) is 2.42. The van der Waals surface area contributed by atoms with Gasteiger partial charge in [0, 0.05) is 18.2 Å². The van der Waals surface area contributed by atoms with E-state index in [9.17, 15) is 4.79 Å². The minimum absolute atomic E-state index is 0.0687. The Balaban J connectivity index is 1.50. The van der Waals surface area contributed by atoms with Gasteiger partial charge in [0.15, 0.2) is 0 Å². The van der Waals surface area contributed by atoms with Crippen LogP contribution in [0.5, 0.6) is 0 Å². The zero-order chi connectivity index (χ0) is 13.9. The minimum Gasteiger partial charge on any atom is -0.399 e. The highest BCUT2D eigenvalue weighted by Gasteiger charge is 2.25. The van der Waals surface area contributed by atoms with Gasteiger partial charge in [0.05, 0.1) is 6.42 Å². The molecule has 3 N–H and O–H groups in total. The van der Waals surface area contributed by atoms with E-state index in [0.29, 0.717) is 12.3 Å². The zero-order valence-corrected chi connectivity index (χ0v) is 11.3. The Kier molecular flexibility index (Phi) is 3.42. The van der Waals surface area contributed by atoms with Crippen molar-refractivity contribution in [1.29, 1.82) is 0 Å². The summed E-state index contributed by atoms with van der Waals surface area (Å²) in [5, 5.41) is 3.02. The maximum Gasteiger partial charge on any atom is 0.224 e. The van der Waals surface area contributed by atoms with Crippen LogP contribution in [0.25, 0.3) is 0 Å². The van der Waals surface area contributed by atoms with Gasteiger partial charge in [-0.2, -0.15) is 0 Å². The molecule has 3 rings (SSSR count). The van der Waals surface area contributed by atoms with Crippen LogP contribution in [-0.4, -0.2) is 12.5 Å². The molecule has 3 nitrogen and oxygen atoms in total. The number of nitrogens with two attached hydrogens (primary N) is 1. The monoisotopic (exact) mass is 266 g/mol. The second-order valence-electron chi connectivity index (χ2n) is 5.32. The lowest BCUT2D eigenvalue weighted by Crippen LogP contribution is -2.33. The number of benzene rings is 2. The summed E-state index contributed by atoms with van der Waals surface area (Å²) < 4.78 is 0. The van der Waals surface area contributed by atoms with E-state index in [2.05, 4.69) is 29.6 Å². The first kappa shape index (κ1) is 12.7. The third-order valence-electron chi connectivity index (χ3n) is 3.85. The Hall–Kier alpha value is -2.29. The second kappa shape index (κ2) is 5.37. The first-order valence-electron chi connectivity index (χ1n) is 6.91. The predicted octanol–water partition coefficient (Wildman–Crippen LogP) is 2.27. The van der Waals surface area contributed by atoms with Crippen molar-refractivity contribution < 1.29 is 4.79 Å². The first-order chi connectivity index (χ1) is 9.72. The quantitative estimate of drug-likeness (QED) is 0.834. The summed E-state index contributed by atoms with van der Waals surface area (Å²) in [4.78, 5) is 11.9. The van der Waals surface area contributed by atoms with Crippen molar-refractivity contribution in [3.8, 4) is 0 Å². The van der Waals surface area contributed by atoms with Crippen molar-refractivity contribution >= 4 is 11.6 Å². The molecule has 0 aromatic heterocycles. The van der Waals surface area contributed by atoms with Crippen LogP contribution in [0.3, 0.4) is 0 Å². The van der Waals surface area contributed by atoms with Crippen molar-refractivity contribution in [2.24, 2.45) is 0 Å². The number of fused-ring (bicyclic) bond motifs is 1. The lowest BCUT2D eigenvalue weighted by atomic mass is 9.77. The molecule has 0 saturated carbocycles. The molecule has 1 unspecified atom stereocenters. The van der Waals surface area contributed by atoms with E-state index in [1.54, 1.807) is 0 Å². The van der Waals surface area contributed by atoms with Crippen LogP contribution in [0.2, 0.25) is 0 Å². The largest absolute Gasteiger partial charge is 0.399 e. The van der Waals surface area contributed by atoms with E-state index in [1.165, 1.54) is 11.1 Å². The van der Waals surface area contributed by atoms with Crippen molar-refractivity contribution in [2.75, 3.05) is 12.3 Å². The fraction of sp³-hybridized carbons (Fsp3) is 0.235. The average molecular weight is 266 g/mol. The summed E-state index contributed by atoms with van der Waals surface area (Å²) in [7, 11) is 0. The number of amides is 1. The topological polar surface area (TPSA) is 55.1 Å². The van der Waals surface area contributed by atoms with E-state index in [-0.39, 0.29) is 5.91 Å². The molecule has 1 atom stereocenters. The standard InChI is InChI=1S/C17H18N2O/c18-15-7-5-12(6-8-15)9-17(20)19-11-14-10-13-3-1-2-4-16(13)14/h1-8,14H,9-11,18H2,(H,19,20). The highest BCUT2D eigenvalue weighted by atomic mass is 16.1. The fourth-order valence-electron chi connectivity index (χ4n) is 2.67. The van der Waals surface area contributed by atoms with Gasteiger partial charge >= 0.3 is 0 Å². The number of anilines is 1. The summed E-state index contributed by atoms with van der Waals surface area (Å²) in [5.41, 5.74) is 10.1. The molecule has 1 aliphatic carbocycles. The lowest BCUT2D eigenvalue weighted by molar-refractivity contribution is -0.120. The van der Waals surface area contributed by atoms with E-state index in [1.807, 2.05) is 24.3 Å². The molecule has 0 saturated heterocycles. The number of nitrogens with one attached hydrogen (secondary N) is 1. The van der Waals surface area contributed by atoms with Crippen LogP contribution in [-0.2, 0) is 17.6 Å². The van der Waals surface area contributed by atoms with Crippen molar-refractivity contribution in [2.45, 2.75) is 18.8 Å². The normalized spacial score (nSPS) is 16.1. The summed E-state index contributed by atoms with van der Waals surface area (Å²) >= 11 is 0. The molecule has 102 valence electrons. The number of carbonyl (C=O) groups is 1. The Morgan fingerprint density at radius 3 is 2.65 bits per heavy atom. The second-order valence-corrected chi connectivity index (χ2v) is 5.32. The van der Waals surface area contributed by atoms with Crippen LogP contribution in [0.4, 0.5) is 5.69 Å². The lowest BCUT2D eigenvalue weighted by Gasteiger charge is -2.30. The summed E-state index contributed by atoms with van der Waals surface area (Å²) in [6.07, 6.45) is 1.48.